The summed E-state index contributed by atoms with van der Waals surface area (Å²) in [5.74, 6) is -0.857. The van der Waals surface area contributed by atoms with Crippen LogP contribution < -0.4 is 0 Å². The zero-order chi connectivity index (χ0) is 10.7. The third-order valence-corrected chi connectivity index (χ3v) is 2.33. The average molecular weight is 190 g/mol. The number of carboxylic acid groups (broad SMARTS) is 1. The van der Waals surface area contributed by atoms with Gasteiger partial charge in [0.1, 0.15) is 0 Å². The molecule has 2 heteroatoms. The van der Waals surface area contributed by atoms with Gasteiger partial charge in [-0.15, -0.1) is 0 Å². The Morgan fingerprint density at radius 2 is 1.93 bits per heavy atom. The first-order chi connectivity index (χ1) is 6.52. The number of hydrogen-bond acceptors (Lipinski definition) is 1. The molecule has 0 bridgehead atoms. The van der Waals surface area contributed by atoms with Gasteiger partial charge < -0.3 is 5.11 Å². The molecule has 0 saturated carbocycles. The highest BCUT2D eigenvalue weighted by molar-refractivity contribution is 5.95. The Hall–Kier alpha value is -1.57. The second-order valence-corrected chi connectivity index (χ2v) is 3.42. The molecule has 0 aliphatic heterocycles. The molecule has 0 atom stereocenters. The van der Waals surface area contributed by atoms with Crippen molar-refractivity contribution in [3.8, 4) is 0 Å². The molecule has 2 nitrogen and oxygen atoms in total. The molecular weight excluding hydrogens is 176 g/mol. The number of aliphatic carboxylic acids is 1. The molecule has 0 aliphatic carbocycles. The molecule has 0 heterocycles. The van der Waals surface area contributed by atoms with Gasteiger partial charge in [0.05, 0.1) is 0 Å². The van der Waals surface area contributed by atoms with E-state index in [-0.39, 0.29) is 0 Å². The Labute approximate surface area is 83.9 Å². The predicted molar refractivity (Wildman–Crippen MR) is 57.1 cm³/mol. The molecule has 74 valence electrons. The summed E-state index contributed by atoms with van der Waals surface area (Å²) in [7, 11) is 0. The summed E-state index contributed by atoms with van der Waals surface area (Å²) in [6.07, 6.45) is 0. The third-order valence-electron chi connectivity index (χ3n) is 2.33. The van der Waals surface area contributed by atoms with Crippen LogP contribution in [0.15, 0.2) is 29.8 Å². The van der Waals surface area contributed by atoms with E-state index in [9.17, 15) is 4.79 Å². The minimum atomic E-state index is -0.857. The zero-order valence-electron chi connectivity index (χ0n) is 8.66. The number of carbonyl (C=O) groups is 1. The van der Waals surface area contributed by atoms with Crippen LogP contribution in [0.2, 0.25) is 0 Å². The molecule has 0 fully saturated rings. The Morgan fingerprint density at radius 3 is 2.43 bits per heavy atom. The van der Waals surface area contributed by atoms with Gasteiger partial charge >= 0.3 is 5.97 Å². The van der Waals surface area contributed by atoms with Gasteiger partial charge in [-0.2, -0.15) is 0 Å². The maximum Gasteiger partial charge on any atom is 0.331 e. The van der Waals surface area contributed by atoms with Crippen LogP contribution in [-0.2, 0) is 4.79 Å². The van der Waals surface area contributed by atoms with Crippen LogP contribution in [0.25, 0.3) is 5.57 Å². The maximum atomic E-state index is 10.7. The molecule has 1 N–H and O–H groups in total. The fourth-order valence-electron chi connectivity index (χ4n) is 1.26. The molecule has 1 aromatic rings. The normalized spacial score (nSPS) is 12.2. The Kier molecular flexibility index (Phi) is 3.07. The van der Waals surface area contributed by atoms with E-state index in [1.165, 1.54) is 0 Å². The van der Waals surface area contributed by atoms with Gasteiger partial charge in [-0.05, 0) is 31.9 Å². The molecule has 0 amide bonds. The quantitative estimate of drug-likeness (QED) is 0.728. The largest absolute Gasteiger partial charge is 0.478 e. The van der Waals surface area contributed by atoms with E-state index in [2.05, 4.69) is 0 Å². The summed E-state index contributed by atoms with van der Waals surface area (Å²) >= 11 is 0. The SMILES string of the molecule is C/C(C(=O)O)=C(/C)c1cccc(C)c1. The minimum Gasteiger partial charge on any atom is -0.478 e. The third kappa shape index (κ3) is 2.22. The van der Waals surface area contributed by atoms with Crippen molar-refractivity contribution in [3.63, 3.8) is 0 Å². The first-order valence-corrected chi connectivity index (χ1v) is 4.50. The van der Waals surface area contributed by atoms with E-state index in [1.807, 2.05) is 38.1 Å². The van der Waals surface area contributed by atoms with Crippen LogP contribution in [0.5, 0.6) is 0 Å². The molecule has 1 rings (SSSR count). The highest BCUT2D eigenvalue weighted by atomic mass is 16.4. The molecule has 0 unspecified atom stereocenters. The Bertz CT molecular complexity index is 389. The summed E-state index contributed by atoms with van der Waals surface area (Å²) in [6.45, 7) is 5.45. The number of carboxylic acids is 1. The summed E-state index contributed by atoms with van der Waals surface area (Å²) < 4.78 is 0. The van der Waals surface area contributed by atoms with Gasteiger partial charge in [0.25, 0.3) is 0 Å². The second kappa shape index (κ2) is 4.09. The molecule has 0 radical (unpaired) electrons. The van der Waals surface area contributed by atoms with Crippen molar-refractivity contribution >= 4 is 11.5 Å². The van der Waals surface area contributed by atoms with Gasteiger partial charge in [0.2, 0.25) is 0 Å². The van der Waals surface area contributed by atoms with E-state index in [4.69, 9.17) is 5.11 Å². The Balaban J connectivity index is 3.18. The lowest BCUT2D eigenvalue weighted by Gasteiger charge is -2.05. The highest BCUT2D eigenvalue weighted by Crippen LogP contribution is 2.18. The molecule has 14 heavy (non-hydrogen) atoms. The number of hydrogen-bond donors (Lipinski definition) is 1. The maximum absolute atomic E-state index is 10.7. The molecule has 0 saturated heterocycles. The summed E-state index contributed by atoms with van der Waals surface area (Å²) in [5.41, 5.74) is 3.33. The summed E-state index contributed by atoms with van der Waals surface area (Å²) in [6, 6.07) is 7.84. The van der Waals surface area contributed by atoms with Crippen LogP contribution in [-0.4, -0.2) is 11.1 Å². The average Bonchev–Trinajstić information content (AvgIpc) is 2.15. The summed E-state index contributed by atoms with van der Waals surface area (Å²) in [4.78, 5) is 10.7. The molecule has 0 spiro atoms. The van der Waals surface area contributed by atoms with Crippen LogP contribution in [0, 0.1) is 6.92 Å². The lowest BCUT2D eigenvalue weighted by Crippen LogP contribution is -1.99. The van der Waals surface area contributed by atoms with Crippen molar-refractivity contribution in [3.05, 3.63) is 41.0 Å². The lowest BCUT2D eigenvalue weighted by atomic mass is 10.0. The first kappa shape index (κ1) is 10.5. The fraction of sp³-hybridized carbons (Fsp3) is 0.250. The van der Waals surface area contributed by atoms with E-state index in [1.54, 1.807) is 6.92 Å². The fourth-order valence-corrected chi connectivity index (χ4v) is 1.26. The van der Waals surface area contributed by atoms with Crippen LogP contribution in [0.1, 0.15) is 25.0 Å². The molecule has 1 aromatic carbocycles. The van der Waals surface area contributed by atoms with Crippen molar-refractivity contribution in [1.82, 2.24) is 0 Å². The lowest BCUT2D eigenvalue weighted by molar-refractivity contribution is -0.132. The number of aryl methyl sites for hydroxylation is 1. The molecule has 0 aromatic heterocycles. The molecular formula is C12H14O2. The Morgan fingerprint density at radius 1 is 1.29 bits per heavy atom. The van der Waals surface area contributed by atoms with E-state index in [0.717, 1.165) is 16.7 Å². The van der Waals surface area contributed by atoms with Gasteiger partial charge in [-0.1, -0.05) is 29.8 Å². The van der Waals surface area contributed by atoms with Crippen molar-refractivity contribution in [2.24, 2.45) is 0 Å². The van der Waals surface area contributed by atoms with E-state index in [0.29, 0.717) is 5.57 Å². The van der Waals surface area contributed by atoms with Crippen molar-refractivity contribution < 1.29 is 9.90 Å². The van der Waals surface area contributed by atoms with Gasteiger partial charge in [-0.3, -0.25) is 0 Å². The van der Waals surface area contributed by atoms with Gasteiger partial charge in [-0.25, -0.2) is 4.79 Å². The number of allylic oxidation sites excluding steroid dienone is 1. The topological polar surface area (TPSA) is 37.3 Å². The first-order valence-electron chi connectivity index (χ1n) is 4.50. The van der Waals surface area contributed by atoms with E-state index >= 15 is 0 Å². The summed E-state index contributed by atoms with van der Waals surface area (Å²) in [5, 5.41) is 8.83. The zero-order valence-corrected chi connectivity index (χ0v) is 8.66. The predicted octanol–water partition coefficient (Wildman–Crippen LogP) is 2.87. The number of benzene rings is 1. The van der Waals surface area contributed by atoms with Crippen molar-refractivity contribution in [2.45, 2.75) is 20.8 Å². The smallest absolute Gasteiger partial charge is 0.331 e. The minimum absolute atomic E-state index is 0.399. The van der Waals surface area contributed by atoms with Gasteiger partial charge in [0, 0.05) is 5.57 Å². The van der Waals surface area contributed by atoms with Gasteiger partial charge in [0.15, 0.2) is 0 Å². The monoisotopic (exact) mass is 190 g/mol. The standard InChI is InChI=1S/C12H14O2/c1-8-5-4-6-11(7-8)9(2)10(3)12(13)14/h4-7H,1-3H3,(H,13,14)/b10-9+. The van der Waals surface area contributed by atoms with Crippen LogP contribution >= 0.6 is 0 Å². The highest BCUT2D eigenvalue weighted by Gasteiger charge is 2.06. The van der Waals surface area contributed by atoms with E-state index < -0.39 is 5.97 Å². The van der Waals surface area contributed by atoms with Crippen molar-refractivity contribution in [1.29, 1.82) is 0 Å². The second-order valence-electron chi connectivity index (χ2n) is 3.42. The number of rotatable bonds is 2. The van der Waals surface area contributed by atoms with Crippen molar-refractivity contribution in [2.75, 3.05) is 0 Å². The van der Waals surface area contributed by atoms with Crippen LogP contribution in [0.3, 0.4) is 0 Å². The van der Waals surface area contributed by atoms with Crippen LogP contribution in [0.4, 0.5) is 0 Å². The molecule has 0 aliphatic rings.